The van der Waals surface area contributed by atoms with Crippen molar-refractivity contribution in [1.82, 2.24) is 5.16 Å². The minimum absolute atomic E-state index is 0.124. The highest BCUT2D eigenvalue weighted by Crippen LogP contribution is 2.30. The van der Waals surface area contributed by atoms with Gasteiger partial charge in [-0.15, -0.1) is 0 Å². The Labute approximate surface area is 168 Å². The molecule has 7 heteroatoms. The highest BCUT2D eigenvalue weighted by Gasteiger charge is 2.15. The van der Waals surface area contributed by atoms with Gasteiger partial charge in [-0.1, -0.05) is 17.3 Å². The molecule has 0 spiro atoms. The van der Waals surface area contributed by atoms with Gasteiger partial charge in [0.1, 0.15) is 12.4 Å². The molecular weight excluding hydrogens is 372 g/mol. The van der Waals surface area contributed by atoms with E-state index in [9.17, 15) is 9.59 Å². The maximum Gasteiger partial charge on any atom is 0.255 e. The second-order valence-electron chi connectivity index (χ2n) is 6.51. The van der Waals surface area contributed by atoms with Crippen LogP contribution in [0.25, 0.3) is 0 Å². The molecule has 150 valence electrons. The number of methoxy groups -OCH3 is 1. The third kappa shape index (κ3) is 4.45. The Bertz CT molecular complexity index is 1040. The molecule has 0 fully saturated rings. The maximum absolute atomic E-state index is 12.7. The summed E-state index contributed by atoms with van der Waals surface area (Å²) < 4.78 is 16.4. The van der Waals surface area contributed by atoms with Crippen LogP contribution in [0.1, 0.15) is 44.7 Å². The molecule has 0 saturated carbocycles. The van der Waals surface area contributed by atoms with Crippen molar-refractivity contribution in [3.63, 3.8) is 0 Å². The maximum atomic E-state index is 12.7. The van der Waals surface area contributed by atoms with E-state index in [2.05, 4.69) is 10.5 Å². The molecule has 1 aromatic heterocycles. The van der Waals surface area contributed by atoms with Gasteiger partial charge in [0, 0.05) is 11.1 Å². The van der Waals surface area contributed by atoms with Gasteiger partial charge in [0.25, 0.3) is 5.91 Å². The van der Waals surface area contributed by atoms with Gasteiger partial charge in [0.05, 0.1) is 24.1 Å². The largest absolute Gasteiger partial charge is 0.493 e. The molecule has 3 aromatic rings. The lowest BCUT2D eigenvalue weighted by Gasteiger charge is -2.13. The second-order valence-corrected chi connectivity index (χ2v) is 6.51. The molecular formula is C22H22N2O5. The van der Waals surface area contributed by atoms with Crippen molar-refractivity contribution in [3.05, 3.63) is 70.6 Å². The molecule has 0 saturated heterocycles. The van der Waals surface area contributed by atoms with E-state index in [1.807, 2.05) is 13.8 Å². The van der Waals surface area contributed by atoms with Gasteiger partial charge in [0.2, 0.25) is 0 Å². The lowest BCUT2D eigenvalue weighted by atomic mass is 10.1. The quantitative estimate of drug-likeness (QED) is 0.600. The summed E-state index contributed by atoms with van der Waals surface area (Å²) in [5.41, 5.74) is 2.93. The summed E-state index contributed by atoms with van der Waals surface area (Å²) in [6.07, 6.45) is 0. The number of hydrogen-bond acceptors (Lipinski definition) is 6. The highest BCUT2D eigenvalue weighted by molar-refractivity contribution is 6.09. The Kier molecular flexibility index (Phi) is 5.97. The van der Waals surface area contributed by atoms with Crippen molar-refractivity contribution in [2.75, 3.05) is 12.4 Å². The molecule has 1 amide bonds. The number of aryl methyl sites for hydroxylation is 2. The zero-order valence-corrected chi connectivity index (χ0v) is 16.7. The molecule has 0 unspecified atom stereocenters. The number of hydrogen-bond donors (Lipinski definition) is 1. The van der Waals surface area contributed by atoms with Gasteiger partial charge in [-0.25, -0.2) is 0 Å². The van der Waals surface area contributed by atoms with Crippen LogP contribution >= 0.6 is 0 Å². The minimum Gasteiger partial charge on any atom is -0.493 e. The molecule has 1 heterocycles. The Morgan fingerprint density at radius 3 is 2.52 bits per heavy atom. The number of nitrogens with zero attached hydrogens (tertiary/aromatic N) is 1. The fourth-order valence-electron chi connectivity index (χ4n) is 2.88. The van der Waals surface area contributed by atoms with Crippen molar-refractivity contribution in [2.24, 2.45) is 0 Å². The van der Waals surface area contributed by atoms with Crippen molar-refractivity contribution in [2.45, 2.75) is 27.4 Å². The van der Waals surface area contributed by atoms with Crippen LogP contribution in [0.4, 0.5) is 5.69 Å². The van der Waals surface area contributed by atoms with Gasteiger partial charge in [-0.3, -0.25) is 9.59 Å². The van der Waals surface area contributed by atoms with Crippen molar-refractivity contribution in [1.29, 1.82) is 0 Å². The van der Waals surface area contributed by atoms with Crippen LogP contribution in [-0.2, 0) is 6.61 Å². The average Bonchev–Trinajstić information content (AvgIpc) is 3.04. The number of ether oxygens (including phenoxy) is 2. The van der Waals surface area contributed by atoms with Gasteiger partial charge >= 0.3 is 0 Å². The SMILES string of the molecule is COc1cc(C(=O)Nc2ccccc2C(C)=O)ccc1OCc1c(C)noc1C. The number of para-hydroxylation sites is 1. The third-order valence-corrected chi connectivity index (χ3v) is 4.53. The van der Waals surface area contributed by atoms with E-state index in [0.29, 0.717) is 34.1 Å². The summed E-state index contributed by atoms with van der Waals surface area (Å²) in [7, 11) is 1.50. The standard InChI is InChI=1S/C22H22N2O5/c1-13-18(15(3)29-24-13)12-28-20-10-9-16(11-21(20)27-4)22(26)23-19-8-6-5-7-17(19)14(2)25/h5-11H,12H2,1-4H3,(H,23,26). The number of aromatic nitrogens is 1. The Morgan fingerprint density at radius 2 is 1.86 bits per heavy atom. The van der Waals surface area contributed by atoms with Crippen LogP contribution in [0.5, 0.6) is 11.5 Å². The Balaban J connectivity index is 1.78. The van der Waals surface area contributed by atoms with Crippen molar-refractivity contribution < 1.29 is 23.6 Å². The van der Waals surface area contributed by atoms with Crippen LogP contribution in [0.3, 0.4) is 0 Å². The van der Waals surface area contributed by atoms with Crippen LogP contribution in [0.15, 0.2) is 47.0 Å². The number of amides is 1. The Hall–Kier alpha value is -3.61. The number of Topliss-reactive ketones (excluding diaryl/α,β-unsaturated/α-hetero) is 1. The van der Waals surface area contributed by atoms with E-state index in [0.717, 1.165) is 11.3 Å². The molecule has 29 heavy (non-hydrogen) atoms. The summed E-state index contributed by atoms with van der Waals surface area (Å²) in [5, 5.41) is 6.68. The molecule has 3 rings (SSSR count). The first-order valence-electron chi connectivity index (χ1n) is 9.04. The fraction of sp³-hybridized carbons (Fsp3) is 0.227. The molecule has 0 atom stereocenters. The number of anilines is 1. The van der Waals surface area contributed by atoms with E-state index < -0.39 is 0 Å². The predicted octanol–water partition coefficient (Wildman–Crippen LogP) is 4.33. The van der Waals surface area contributed by atoms with Crippen LogP contribution in [-0.4, -0.2) is 24.0 Å². The lowest BCUT2D eigenvalue weighted by molar-refractivity contribution is 0.101. The van der Waals surface area contributed by atoms with E-state index >= 15 is 0 Å². The topological polar surface area (TPSA) is 90.7 Å². The van der Waals surface area contributed by atoms with Crippen LogP contribution < -0.4 is 14.8 Å². The molecule has 0 aliphatic heterocycles. The number of rotatable bonds is 7. The number of nitrogens with one attached hydrogen (secondary N) is 1. The summed E-state index contributed by atoms with van der Waals surface area (Å²) >= 11 is 0. The van der Waals surface area contributed by atoms with Gasteiger partial charge in [-0.05, 0) is 51.1 Å². The zero-order valence-electron chi connectivity index (χ0n) is 16.7. The third-order valence-electron chi connectivity index (χ3n) is 4.53. The molecule has 2 aromatic carbocycles. The number of benzene rings is 2. The Morgan fingerprint density at radius 1 is 1.10 bits per heavy atom. The molecule has 0 aliphatic carbocycles. The highest BCUT2D eigenvalue weighted by atomic mass is 16.5. The van der Waals surface area contributed by atoms with E-state index in [1.165, 1.54) is 14.0 Å². The van der Waals surface area contributed by atoms with Crippen LogP contribution in [0, 0.1) is 13.8 Å². The first-order chi connectivity index (χ1) is 13.9. The molecule has 1 N–H and O–H groups in total. The summed E-state index contributed by atoms with van der Waals surface area (Å²) in [6.45, 7) is 5.40. The minimum atomic E-state index is -0.353. The van der Waals surface area contributed by atoms with Crippen molar-refractivity contribution in [3.8, 4) is 11.5 Å². The zero-order chi connectivity index (χ0) is 21.0. The molecule has 0 bridgehead atoms. The van der Waals surface area contributed by atoms with E-state index in [1.54, 1.807) is 42.5 Å². The smallest absolute Gasteiger partial charge is 0.255 e. The van der Waals surface area contributed by atoms with E-state index in [4.69, 9.17) is 14.0 Å². The average molecular weight is 394 g/mol. The normalized spacial score (nSPS) is 10.5. The summed E-state index contributed by atoms with van der Waals surface area (Å²) in [5.74, 6) is 1.13. The second kappa shape index (κ2) is 8.60. The van der Waals surface area contributed by atoms with Crippen molar-refractivity contribution >= 4 is 17.4 Å². The van der Waals surface area contributed by atoms with Gasteiger partial charge < -0.3 is 19.3 Å². The molecule has 0 radical (unpaired) electrons. The van der Waals surface area contributed by atoms with Gasteiger partial charge in [-0.2, -0.15) is 0 Å². The van der Waals surface area contributed by atoms with Gasteiger partial charge in [0.15, 0.2) is 17.3 Å². The fourth-order valence-corrected chi connectivity index (χ4v) is 2.88. The number of carbonyl (C=O) groups is 2. The summed E-state index contributed by atoms with van der Waals surface area (Å²) in [4.78, 5) is 24.4. The lowest BCUT2D eigenvalue weighted by Crippen LogP contribution is -2.14. The summed E-state index contributed by atoms with van der Waals surface area (Å²) in [6, 6.07) is 11.8. The predicted molar refractivity (Wildman–Crippen MR) is 108 cm³/mol. The van der Waals surface area contributed by atoms with E-state index in [-0.39, 0.29) is 18.3 Å². The number of carbonyl (C=O) groups excluding carboxylic acids is 2. The first kappa shape index (κ1) is 20.1. The molecule has 0 aliphatic rings. The number of ketones is 1. The van der Waals surface area contributed by atoms with Crippen LogP contribution in [0.2, 0.25) is 0 Å². The first-order valence-corrected chi connectivity index (χ1v) is 9.04. The monoisotopic (exact) mass is 394 g/mol. The molecule has 7 nitrogen and oxygen atoms in total.